The number of hydrogen-bond donors (Lipinski definition) is 1. The Morgan fingerprint density at radius 2 is 2.10 bits per heavy atom. The molecule has 0 bridgehead atoms. The van der Waals surface area contributed by atoms with Crippen LogP contribution in [0.15, 0.2) is 12.4 Å². The first kappa shape index (κ1) is 15.4. The van der Waals surface area contributed by atoms with E-state index in [4.69, 9.17) is 0 Å². The van der Waals surface area contributed by atoms with Crippen LogP contribution in [0.1, 0.15) is 53.5 Å². The van der Waals surface area contributed by atoms with Gasteiger partial charge in [-0.2, -0.15) is 5.10 Å². The highest BCUT2D eigenvalue weighted by Gasteiger charge is 2.30. The van der Waals surface area contributed by atoms with Crippen LogP contribution in [0, 0.1) is 5.92 Å². The van der Waals surface area contributed by atoms with Gasteiger partial charge in [0.15, 0.2) is 0 Å². The summed E-state index contributed by atoms with van der Waals surface area (Å²) in [6.07, 6.45) is 6.63. The largest absolute Gasteiger partial charge is 0.363 e. The Kier molecular flexibility index (Phi) is 5.08. The molecule has 4 heteroatoms. The van der Waals surface area contributed by atoms with Gasteiger partial charge in [0.25, 0.3) is 0 Å². The molecule has 1 aliphatic heterocycles. The molecule has 0 saturated carbocycles. The smallest absolute Gasteiger partial charge is 0.0756 e. The molecule has 1 N–H and O–H groups in total. The van der Waals surface area contributed by atoms with Crippen LogP contribution in [-0.2, 0) is 0 Å². The average Bonchev–Trinajstić information content (AvgIpc) is 2.95. The Labute approximate surface area is 123 Å². The van der Waals surface area contributed by atoms with Gasteiger partial charge in [-0.1, -0.05) is 27.2 Å². The van der Waals surface area contributed by atoms with Gasteiger partial charge >= 0.3 is 0 Å². The van der Waals surface area contributed by atoms with Crippen LogP contribution < -0.4 is 10.2 Å². The van der Waals surface area contributed by atoms with Crippen LogP contribution in [-0.4, -0.2) is 35.0 Å². The quantitative estimate of drug-likeness (QED) is 0.898. The zero-order valence-corrected chi connectivity index (χ0v) is 13.6. The maximum atomic E-state index is 4.50. The van der Waals surface area contributed by atoms with Crippen molar-refractivity contribution in [1.82, 2.24) is 15.1 Å². The highest BCUT2D eigenvalue weighted by molar-refractivity contribution is 5.45. The topological polar surface area (TPSA) is 33.1 Å². The van der Waals surface area contributed by atoms with E-state index in [9.17, 15) is 0 Å². The molecule has 0 amide bonds. The summed E-state index contributed by atoms with van der Waals surface area (Å²) in [7, 11) is 0. The summed E-state index contributed by atoms with van der Waals surface area (Å²) in [5, 5.41) is 8.24. The summed E-state index contributed by atoms with van der Waals surface area (Å²) in [5.74, 6) is 0.718. The zero-order chi connectivity index (χ0) is 14.7. The summed E-state index contributed by atoms with van der Waals surface area (Å²) < 4.78 is 2.06. The van der Waals surface area contributed by atoms with Gasteiger partial charge in [0.2, 0.25) is 0 Å². The van der Waals surface area contributed by atoms with E-state index in [2.05, 4.69) is 60.8 Å². The zero-order valence-electron chi connectivity index (χ0n) is 13.6. The fourth-order valence-corrected chi connectivity index (χ4v) is 2.93. The predicted octanol–water partition coefficient (Wildman–Crippen LogP) is 3.07. The summed E-state index contributed by atoms with van der Waals surface area (Å²) in [6.45, 7) is 13.4. The maximum absolute atomic E-state index is 4.50. The molecule has 3 unspecified atom stereocenters. The molecule has 2 rings (SSSR count). The van der Waals surface area contributed by atoms with Gasteiger partial charge in [0, 0.05) is 37.4 Å². The molecule has 1 aromatic heterocycles. The summed E-state index contributed by atoms with van der Waals surface area (Å²) in [5.41, 5.74) is 1.28. The molecule has 4 nitrogen and oxygen atoms in total. The van der Waals surface area contributed by atoms with Gasteiger partial charge in [-0.3, -0.25) is 4.68 Å². The SMILES string of the molecule is CCC(C)C1CN(c2cnn(C(C)C)c2)C(CC)CN1. The first-order chi connectivity index (χ1) is 9.56. The van der Waals surface area contributed by atoms with E-state index in [1.54, 1.807) is 0 Å². The number of nitrogens with one attached hydrogen (secondary N) is 1. The van der Waals surface area contributed by atoms with Gasteiger partial charge in [-0.15, -0.1) is 0 Å². The van der Waals surface area contributed by atoms with E-state index in [1.165, 1.54) is 18.5 Å². The van der Waals surface area contributed by atoms with Crippen molar-refractivity contribution in [2.45, 2.75) is 65.6 Å². The Morgan fingerprint density at radius 3 is 2.65 bits per heavy atom. The molecule has 1 aliphatic rings. The van der Waals surface area contributed by atoms with Crippen molar-refractivity contribution in [3.8, 4) is 0 Å². The fourth-order valence-electron chi connectivity index (χ4n) is 2.93. The number of anilines is 1. The van der Waals surface area contributed by atoms with Crippen LogP contribution >= 0.6 is 0 Å². The normalized spacial score (nSPS) is 25.2. The van der Waals surface area contributed by atoms with E-state index in [1.807, 2.05) is 6.20 Å². The molecule has 114 valence electrons. The number of hydrogen-bond acceptors (Lipinski definition) is 3. The Balaban J connectivity index is 2.15. The summed E-state index contributed by atoms with van der Waals surface area (Å²) in [4.78, 5) is 2.55. The third kappa shape index (κ3) is 3.17. The molecule has 0 spiro atoms. The van der Waals surface area contributed by atoms with Gasteiger partial charge in [0.1, 0.15) is 0 Å². The lowest BCUT2D eigenvalue weighted by molar-refractivity contribution is 0.306. The minimum atomic E-state index is 0.428. The van der Waals surface area contributed by atoms with Gasteiger partial charge in [-0.05, 0) is 26.2 Å². The van der Waals surface area contributed by atoms with E-state index < -0.39 is 0 Å². The molecule has 2 heterocycles. The maximum Gasteiger partial charge on any atom is 0.0756 e. The van der Waals surface area contributed by atoms with Crippen molar-refractivity contribution in [3.63, 3.8) is 0 Å². The van der Waals surface area contributed by atoms with Crippen molar-refractivity contribution in [2.75, 3.05) is 18.0 Å². The average molecular weight is 278 g/mol. The molecule has 3 atom stereocenters. The van der Waals surface area contributed by atoms with Crippen molar-refractivity contribution in [1.29, 1.82) is 0 Å². The van der Waals surface area contributed by atoms with E-state index in [-0.39, 0.29) is 0 Å². The highest BCUT2D eigenvalue weighted by atomic mass is 15.3. The van der Waals surface area contributed by atoms with E-state index in [0.29, 0.717) is 18.1 Å². The van der Waals surface area contributed by atoms with Gasteiger partial charge in [0.05, 0.1) is 11.9 Å². The van der Waals surface area contributed by atoms with Crippen molar-refractivity contribution < 1.29 is 0 Å². The van der Waals surface area contributed by atoms with Crippen LogP contribution in [0.25, 0.3) is 0 Å². The fraction of sp³-hybridized carbons (Fsp3) is 0.812. The molecule has 1 aromatic rings. The molecule has 0 aromatic carbocycles. The molecule has 1 saturated heterocycles. The highest BCUT2D eigenvalue weighted by Crippen LogP contribution is 2.24. The minimum absolute atomic E-state index is 0.428. The third-order valence-corrected chi connectivity index (χ3v) is 4.70. The molecular weight excluding hydrogens is 248 g/mol. The second-order valence-corrected chi connectivity index (χ2v) is 6.39. The minimum Gasteiger partial charge on any atom is -0.363 e. The van der Waals surface area contributed by atoms with Crippen LogP contribution in [0.4, 0.5) is 5.69 Å². The first-order valence-electron chi connectivity index (χ1n) is 8.10. The Hall–Kier alpha value is -1.03. The first-order valence-corrected chi connectivity index (χ1v) is 8.10. The molecule has 0 radical (unpaired) electrons. The summed E-state index contributed by atoms with van der Waals surface area (Å²) >= 11 is 0. The van der Waals surface area contributed by atoms with Gasteiger partial charge < -0.3 is 10.2 Å². The van der Waals surface area contributed by atoms with Crippen molar-refractivity contribution in [2.24, 2.45) is 5.92 Å². The monoisotopic (exact) mass is 278 g/mol. The number of nitrogens with zero attached hydrogens (tertiary/aromatic N) is 3. The molecule has 1 fully saturated rings. The van der Waals surface area contributed by atoms with Crippen LogP contribution in [0.5, 0.6) is 0 Å². The lowest BCUT2D eigenvalue weighted by Gasteiger charge is -2.43. The number of piperazine rings is 1. The van der Waals surface area contributed by atoms with Crippen LogP contribution in [0.3, 0.4) is 0 Å². The second kappa shape index (κ2) is 6.61. The number of rotatable bonds is 5. The lowest BCUT2D eigenvalue weighted by atomic mass is 9.94. The van der Waals surface area contributed by atoms with Crippen LogP contribution in [0.2, 0.25) is 0 Å². The third-order valence-electron chi connectivity index (χ3n) is 4.70. The Bertz CT molecular complexity index is 412. The van der Waals surface area contributed by atoms with Crippen molar-refractivity contribution in [3.05, 3.63) is 12.4 Å². The molecular formula is C16H30N4. The van der Waals surface area contributed by atoms with E-state index >= 15 is 0 Å². The Morgan fingerprint density at radius 1 is 1.35 bits per heavy atom. The second-order valence-electron chi connectivity index (χ2n) is 6.39. The summed E-state index contributed by atoms with van der Waals surface area (Å²) in [6, 6.07) is 1.60. The van der Waals surface area contributed by atoms with E-state index in [0.717, 1.165) is 19.0 Å². The number of aromatic nitrogens is 2. The molecule has 0 aliphatic carbocycles. The standard InChI is InChI=1S/C16H30N4/c1-6-13(5)16-11-19(14(7-2)8-17-16)15-9-18-20(10-15)12(3)4/h9-10,12-14,16-17H,6-8,11H2,1-5H3. The predicted molar refractivity (Wildman–Crippen MR) is 85.3 cm³/mol. The van der Waals surface area contributed by atoms with Gasteiger partial charge in [-0.25, -0.2) is 0 Å². The van der Waals surface area contributed by atoms with Crippen molar-refractivity contribution >= 4 is 5.69 Å². The molecule has 20 heavy (non-hydrogen) atoms. The lowest BCUT2D eigenvalue weighted by Crippen LogP contribution is -2.58.